The van der Waals surface area contributed by atoms with Crippen molar-refractivity contribution in [1.82, 2.24) is 9.97 Å². The van der Waals surface area contributed by atoms with Gasteiger partial charge in [-0.15, -0.1) is 11.8 Å². The van der Waals surface area contributed by atoms with E-state index in [1.165, 1.54) is 30.0 Å². The Morgan fingerprint density at radius 1 is 1.06 bits per heavy atom. The summed E-state index contributed by atoms with van der Waals surface area (Å²) in [4.78, 5) is 12.5. The van der Waals surface area contributed by atoms with Crippen LogP contribution in [0.15, 0.2) is 57.4 Å². The van der Waals surface area contributed by atoms with Crippen LogP contribution in [0.2, 0.25) is 15.1 Å². The molecule has 0 radical (unpaired) electrons. The highest BCUT2D eigenvalue weighted by Crippen LogP contribution is 2.41. The molecular weight excluding hydrogens is 538 g/mol. The van der Waals surface area contributed by atoms with Crippen molar-refractivity contribution in [2.45, 2.75) is 22.4 Å². The molecule has 176 valence electrons. The third-order valence-corrected chi connectivity index (χ3v) is 5.94. The van der Waals surface area contributed by atoms with Gasteiger partial charge in [-0.2, -0.15) is 13.2 Å². The molecule has 0 saturated carbocycles. The Morgan fingerprint density at radius 2 is 1.73 bits per heavy atom. The zero-order valence-electron chi connectivity index (χ0n) is 17.1. The summed E-state index contributed by atoms with van der Waals surface area (Å²) in [5.41, 5.74) is 1.87. The molecule has 3 N–H and O–H groups in total. The molecular formula is C20H17Cl3F3N5S2. The van der Waals surface area contributed by atoms with Gasteiger partial charge in [-0.3, -0.25) is 0 Å². The van der Waals surface area contributed by atoms with E-state index >= 15 is 0 Å². The van der Waals surface area contributed by atoms with Crippen molar-refractivity contribution in [1.29, 1.82) is 0 Å². The van der Waals surface area contributed by atoms with Crippen LogP contribution in [0.5, 0.6) is 0 Å². The summed E-state index contributed by atoms with van der Waals surface area (Å²) in [6.45, 7) is 1.72. The predicted molar refractivity (Wildman–Crippen MR) is 134 cm³/mol. The molecule has 1 heterocycles. The maximum atomic E-state index is 12.5. The number of halogens is 6. The van der Waals surface area contributed by atoms with E-state index in [1.54, 1.807) is 25.1 Å². The van der Waals surface area contributed by atoms with Crippen LogP contribution in [-0.4, -0.2) is 28.1 Å². The number of rotatable bonds is 5. The second-order valence-corrected chi connectivity index (χ2v) is 9.20. The second kappa shape index (κ2) is 12.6. The molecule has 0 aliphatic heterocycles. The summed E-state index contributed by atoms with van der Waals surface area (Å²) in [5.74, 6) is 0.893. The molecule has 33 heavy (non-hydrogen) atoms. The Kier molecular flexibility index (Phi) is 10.4. The molecule has 0 aliphatic rings. The van der Waals surface area contributed by atoms with E-state index in [2.05, 4.69) is 20.3 Å². The third-order valence-electron chi connectivity index (χ3n) is 3.57. The first-order chi connectivity index (χ1) is 15.5. The number of nitrogens with two attached hydrogens (primary N) is 1. The zero-order valence-corrected chi connectivity index (χ0v) is 21.0. The first-order valence-electron chi connectivity index (χ1n) is 8.92. The molecule has 3 rings (SSSR count). The lowest BCUT2D eigenvalue weighted by molar-refractivity contribution is -0.0328. The summed E-state index contributed by atoms with van der Waals surface area (Å²) in [6.07, 6.45) is 2.95. The van der Waals surface area contributed by atoms with Crippen LogP contribution >= 0.6 is 58.3 Å². The maximum Gasteiger partial charge on any atom is 0.446 e. The number of aromatic nitrogens is 2. The van der Waals surface area contributed by atoms with Gasteiger partial charge in [0.25, 0.3) is 0 Å². The molecule has 13 heteroatoms. The number of anilines is 2. The SMILES string of the molecule is CSc1nc(C)nc(Nc2ccc(SC(F)(F)F)c(Cl)c2)c1N=CN.Clc1cccc(Cl)c1. The Hall–Kier alpha value is -1.85. The first kappa shape index (κ1) is 27.4. The minimum Gasteiger partial charge on any atom is -0.390 e. The van der Waals surface area contributed by atoms with Gasteiger partial charge in [0.2, 0.25) is 0 Å². The fourth-order valence-electron chi connectivity index (χ4n) is 2.34. The van der Waals surface area contributed by atoms with Gasteiger partial charge >= 0.3 is 5.51 Å². The summed E-state index contributed by atoms with van der Waals surface area (Å²) in [5, 5.41) is 4.95. The number of hydrogen-bond donors (Lipinski definition) is 2. The lowest BCUT2D eigenvalue weighted by Crippen LogP contribution is -2.02. The van der Waals surface area contributed by atoms with E-state index in [0.717, 1.165) is 6.34 Å². The molecule has 0 amide bonds. The van der Waals surface area contributed by atoms with E-state index < -0.39 is 5.51 Å². The topological polar surface area (TPSA) is 76.2 Å². The highest BCUT2D eigenvalue weighted by molar-refractivity contribution is 8.00. The van der Waals surface area contributed by atoms with Gasteiger partial charge in [-0.1, -0.05) is 40.9 Å². The number of thioether (sulfide) groups is 2. The van der Waals surface area contributed by atoms with Crippen LogP contribution in [0, 0.1) is 6.92 Å². The van der Waals surface area contributed by atoms with Crippen LogP contribution in [0.1, 0.15) is 5.82 Å². The Labute approximate surface area is 212 Å². The first-order valence-corrected chi connectivity index (χ1v) is 12.1. The van der Waals surface area contributed by atoms with Crippen molar-refractivity contribution >= 4 is 81.9 Å². The van der Waals surface area contributed by atoms with Crippen LogP contribution in [0.25, 0.3) is 0 Å². The van der Waals surface area contributed by atoms with E-state index in [0.29, 0.717) is 38.1 Å². The van der Waals surface area contributed by atoms with Crippen molar-refractivity contribution in [2.24, 2.45) is 10.7 Å². The van der Waals surface area contributed by atoms with E-state index in [9.17, 15) is 13.2 Å². The van der Waals surface area contributed by atoms with Gasteiger partial charge in [-0.25, -0.2) is 15.0 Å². The van der Waals surface area contributed by atoms with Crippen LogP contribution in [-0.2, 0) is 0 Å². The number of alkyl halides is 3. The van der Waals surface area contributed by atoms with Gasteiger partial charge < -0.3 is 11.1 Å². The largest absolute Gasteiger partial charge is 0.446 e. The van der Waals surface area contributed by atoms with E-state index in [4.69, 9.17) is 40.5 Å². The van der Waals surface area contributed by atoms with E-state index in [-0.39, 0.29) is 21.7 Å². The molecule has 1 aromatic heterocycles. The number of nitrogens with zero attached hydrogens (tertiary/aromatic N) is 3. The molecule has 5 nitrogen and oxygen atoms in total. The van der Waals surface area contributed by atoms with Gasteiger partial charge in [0.15, 0.2) is 5.82 Å². The second-order valence-electron chi connectivity index (χ2n) is 6.01. The van der Waals surface area contributed by atoms with Crippen molar-refractivity contribution in [2.75, 3.05) is 11.6 Å². The molecule has 0 fully saturated rings. The third kappa shape index (κ3) is 9.13. The minimum absolute atomic E-state index is 0.0212. The average Bonchev–Trinajstić information content (AvgIpc) is 2.71. The number of benzene rings is 2. The lowest BCUT2D eigenvalue weighted by atomic mass is 10.3. The van der Waals surface area contributed by atoms with Crippen molar-refractivity contribution in [3.63, 3.8) is 0 Å². The molecule has 0 bridgehead atoms. The van der Waals surface area contributed by atoms with Crippen molar-refractivity contribution in [3.8, 4) is 0 Å². The van der Waals surface area contributed by atoms with Crippen LogP contribution < -0.4 is 11.1 Å². The molecule has 0 unspecified atom stereocenters. The lowest BCUT2D eigenvalue weighted by Gasteiger charge is -2.13. The minimum atomic E-state index is -4.40. The summed E-state index contributed by atoms with van der Waals surface area (Å²) >= 11 is 18.2. The molecule has 3 aromatic rings. The van der Waals surface area contributed by atoms with Gasteiger partial charge in [0.05, 0.1) is 11.4 Å². The smallest absolute Gasteiger partial charge is 0.390 e. The Morgan fingerprint density at radius 3 is 2.21 bits per heavy atom. The Balaban J connectivity index is 0.000000405. The summed E-state index contributed by atoms with van der Waals surface area (Å²) in [6, 6.07) is 11.2. The van der Waals surface area contributed by atoms with Crippen LogP contribution in [0.4, 0.5) is 30.4 Å². The molecule has 2 aromatic carbocycles. The predicted octanol–water partition coefficient (Wildman–Crippen LogP) is 8.13. The molecule has 0 saturated heterocycles. The van der Waals surface area contributed by atoms with E-state index in [1.807, 2.05) is 12.3 Å². The summed E-state index contributed by atoms with van der Waals surface area (Å²) < 4.78 is 37.4. The monoisotopic (exact) mass is 553 g/mol. The zero-order chi connectivity index (χ0) is 24.6. The molecule has 0 spiro atoms. The van der Waals surface area contributed by atoms with Crippen LogP contribution in [0.3, 0.4) is 0 Å². The highest BCUT2D eigenvalue weighted by atomic mass is 35.5. The number of nitrogens with one attached hydrogen (secondary N) is 1. The summed E-state index contributed by atoms with van der Waals surface area (Å²) in [7, 11) is 0. The fraction of sp³-hybridized carbons (Fsp3) is 0.150. The Bertz CT molecular complexity index is 1110. The quantitative estimate of drug-likeness (QED) is 0.143. The average molecular weight is 555 g/mol. The van der Waals surface area contributed by atoms with Gasteiger partial charge in [0, 0.05) is 20.6 Å². The highest BCUT2D eigenvalue weighted by Gasteiger charge is 2.30. The van der Waals surface area contributed by atoms with Crippen molar-refractivity contribution < 1.29 is 13.2 Å². The number of hydrogen-bond acceptors (Lipinski definition) is 6. The van der Waals surface area contributed by atoms with Gasteiger partial charge in [0.1, 0.15) is 16.5 Å². The maximum absolute atomic E-state index is 12.5. The molecule has 0 atom stereocenters. The number of aliphatic imine (C=N–C) groups is 1. The van der Waals surface area contributed by atoms with Gasteiger partial charge in [-0.05, 0) is 61.3 Å². The fourth-order valence-corrected chi connectivity index (χ4v) is 4.18. The molecule has 0 aliphatic carbocycles. The normalized spacial score (nSPS) is 11.3. The standard InChI is InChI=1S/C14H13ClF3N5S2.C6H4Cl2/c1-7-21-12(11(20-6-19)13(22-7)24-2)23-8-3-4-10(9(15)5-8)25-14(16,17)18;7-5-2-1-3-6(8)4-5/h3-6H,1-2H3,(H2,19,20)(H,21,22,23);1-4H. The van der Waals surface area contributed by atoms with Crippen molar-refractivity contribution in [3.05, 3.63) is 63.4 Å². The number of aryl methyl sites for hydroxylation is 1.